The largest absolute Gasteiger partial charge is 0.323 e. The maximum absolute atomic E-state index is 12.8. The van der Waals surface area contributed by atoms with Crippen molar-refractivity contribution in [1.29, 1.82) is 0 Å². The first kappa shape index (κ1) is 17.2. The smallest absolute Gasteiger partial charge is 0.267 e. The van der Waals surface area contributed by atoms with Gasteiger partial charge in [0.2, 0.25) is 0 Å². The van der Waals surface area contributed by atoms with Gasteiger partial charge in [0.25, 0.3) is 11.8 Å². The van der Waals surface area contributed by atoms with Crippen LogP contribution in [-0.2, 0) is 4.79 Å². The molecule has 0 unspecified atom stereocenters. The van der Waals surface area contributed by atoms with Crippen LogP contribution in [0.1, 0.15) is 15.9 Å². The van der Waals surface area contributed by atoms with Crippen LogP contribution in [0.4, 0.5) is 5.69 Å². The maximum atomic E-state index is 12.8. The molecule has 0 bridgehead atoms. The number of para-hydroxylation sites is 2. The SMILES string of the molecule is O=C(/C=C/c1ccccc1NC(=O)c1ccccc1-n1cccc1)NO. The molecule has 3 rings (SSSR count). The van der Waals surface area contributed by atoms with E-state index in [-0.39, 0.29) is 5.91 Å². The van der Waals surface area contributed by atoms with Crippen molar-refractivity contribution in [2.24, 2.45) is 0 Å². The summed E-state index contributed by atoms with van der Waals surface area (Å²) in [5, 5.41) is 11.4. The van der Waals surface area contributed by atoms with Crippen LogP contribution in [-0.4, -0.2) is 21.6 Å². The molecule has 0 aliphatic heterocycles. The van der Waals surface area contributed by atoms with Crippen molar-refractivity contribution < 1.29 is 14.8 Å². The Bertz CT molecular complexity index is 946. The van der Waals surface area contributed by atoms with E-state index >= 15 is 0 Å². The fourth-order valence-corrected chi connectivity index (χ4v) is 2.53. The first-order chi connectivity index (χ1) is 12.7. The summed E-state index contributed by atoms with van der Waals surface area (Å²) in [7, 11) is 0. The fourth-order valence-electron chi connectivity index (χ4n) is 2.53. The van der Waals surface area contributed by atoms with Gasteiger partial charge in [-0.2, -0.15) is 0 Å². The summed E-state index contributed by atoms with van der Waals surface area (Å²) >= 11 is 0. The molecule has 6 nitrogen and oxygen atoms in total. The molecule has 0 aliphatic rings. The van der Waals surface area contributed by atoms with E-state index in [1.165, 1.54) is 17.6 Å². The van der Waals surface area contributed by atoms with E-state index in [9.17, 15) is 9.59 Å². The number of nitrogens with one attached hydrogen (secondary N) is 2. The number of amides is 2. The zero-order valence-electron chi connectivity index (χ0n) is 13.8. The number of anilines is 1. The lowest BCUT2D eigenvalue weighted by Gasteiger charge is -2.12. The molecule has 130 valence electrons. The molecule has 6 heteroatoms. The predicted molar refractivity (Wildman–Crippen MR) is 99.1 cm³/mol. The first-order valence-electron chi connectivity index (χ1n) is 7.94. The van der Waals surface area contributed by atoms with Crippen molar-refractivity contribution in [3.05, 3.63) is 90.3 Å². The van der Waals surface area contributed by atoms with Crippen molar-refractivity contribution >= 4 is 23.6 Å². The number of carbonyl (C=O) groups is 2. The van der Waals surface area contributed by atoms with Crippen LogP contribution in [0.25, 0.3) is 11.8 Å². The Morgan fingerprint density at radius 3 is 2.38 bits per heavy atom. The normalized spacial score (nSPS) is 10.7. The second-order valence-corrected chi connectivity index (χ2v) is 5.46. The number of carbonyl (C=O) groups excluding carboxylic acids is 2. The number of hydroxylamine groups is 1. The number of nitrogens with zero attached hydrogens (tertiary/aromatic N) is 1. The van der Waals surface area contributed by atoms with E-state index < -0.39 is 5.91 Å². The van der Waals surface area contributed by atoms with Crippen LogP contribution in [0.3, 0.4) is 0 Å². The topological polar surface area (TPSA) is 83.4 Å². The minimum absolute atomic E-state index is 0.262. The lowest BCUT2D eigenvalue weighted by molar-refractivity contribution is -0.124. The molecule has 0 saturated carbocycles. The summed E-state index contributed by atoms with van der Waals surface area (Å²) in [6.45, 7) is 0. The van der Waals surface area contributed by atoms with Gasteiger partial charge >= 0.3 is 0 Å². The molecule has 0 radical (unpaired) electrons. The molecule has 26 heavy (non-hydrogen) atoms. The number of hydrogen-bond donors (Lipinski definition) is 3. The van der Waals surface area contributed by atoms with E-state index in [1.807, 2.05) is 41.2 Å². The molecule has 0 atom stereocenters. The number of aromatic nitrogens is 1. The molecule has 3 aromatic rings. The van der Waals surface area contributed by atoms with Crippen molar-refractivity contribution in [2.45, 2.75) is 0 Å². The van der Waals surface area contributed by atoms with Gasteiger partial charge in [-0.05, 0) is 42.0 Å². The van der Waals surface area contributed by atoms with Gasteiger partial charge in [0.15, 0.2) is 0 Å². The van der Waals surface area contributed by atoms with E-state index in [0.717, 1.165) is 5.69 Å². The Hall–Kier alpha value is -3.64. The van der Waals surface area contributed by atoms with Crippen molar-refractivity contribution in [2.75, 3.05) is 5.32 Å². The van der Waals surface area contributed by atoms with Gasteiger partial charge in [-0.1, -0.05) is 30.3 Å². The molecule has 0 fully saturated rings. The zero-order chi connectivity index (χ0) is 18.4. The molecular formula is C20H17N3O3. The average molecular weight is 347 g/mol. The standard InChI is InChI=1S/C20H17N3O3/c24-19(22-26)12-11-15-7-1-3-9-17(15)21-20(25)16-8-2-4-10-18(16)23-13-5-6-14-23/h1-14,26H,(H,21,25)(H,22,24)/b12-11+. The Balaban J connectivity index is 1.88. The molecule has 2 aromatic carbocycles. The third kappa shape index (κ3) is 3.88. The highest BCUT2D eigenvalue weighted by Gasteiger charge is 2.13. The molecule has 1 aromatic heterocycles. The molecule has 0 aliphatic carbocycles. The van der Waals surface area contributed by atoms with Crippen LogP contribution in [0.5, 0.6) is 0 Å². The van der Waals surface area contributed by atoms with Gasteiger partial charge in [0.1, 0.15) is 0 Å². The van der Waals surface area contributed by atoms with Gasteiger partial charge in [0.05, 0.1) is 11.3 Å². The third-order valence-corrected chi connectivity index (χ3v) is 3.76. The van der Waals surface area contributed by atoms with Gasteiger partial charge < -0.3 is 9.88 Å². The summed E-state index contributed by atoms with van der Waals surface area (Å²) in [5.41, 5.74) is 4.02. The highest BCUT2D eigenvalue weighted by Crippen LogP contribution is 2.20. The Morgan fingerprint density at radius 2 is 1.62 bits per heavy atom. The Labute approximate surface area is 150 Å². The summed E-state index contributed by atoms with van der Waals surface area (Å²) in [5.74, 6) is -0.911. The summed E-state index contributed by atoms with van der Waals surface area (Å²) in [4.78, 5) is 24.0. The van der Waals surface area contributed by atoms with Gasteiger partial charge in [-0.25, -0.2) is 5.48 Å². The van der Waals surface area contributed by atoms with Crippen LogP contribution in [0.2, 0.25) is 0 Å². The Morgan fingerprint density at radius 1 is 0.923 bits per heavy atom. The van der Waals surface area contributed by atoms with Crippen molar-refractivity contribution in [3.63, 3.8) is 0 Å². The zero-order valence-corrected chi connectivity index (χ0v) is 13.8. The van der Waals surface area contributed by atoms with E-state index in [0.29, 0.717) is 16.8 Å². The maximum Gasteiger partial charge on any atom is 0.267 e. The fraction of sp³-hybridized carbons (Fsp3) is 0. The molecule has 1 heterocycles. The molecular weight excluding hydrogens is 330 g/mol. The third-order valence-electron chi connectivity index (χ3n) is 3.76. The van der Waals surface area contributed by atoms with Crippen LogP contribution < -0.4 is 10.8 Å². The molecule has 2 amide bonds. The summed E-state index contributed by atoms with van der Waals surface area (Å²) in [6.07, 6.45) is 6.43. The predicted octanol–water partition coefficient (Wildman–Crippen LogP) is 3.25. The van der Waals surface area contributed by atoms with Crippen molar-refractivity contribution in [1.82, 2.24) is 10.0 Å². The quantitative estimate of drug-likeness (QED) is 0.376. The van der Waals surface area contributed by atoms with E-state index in [4.69, 9.17) is 5.21 Å². The number of hydrogen-bond acceptors (Lipinski definition) is 3. The lowest BCUT2D eigenvalue weighted by atomic mass is 10.1. The molecule has 0 saturated heterocycles. The first-order valence-corrected chi connectivity index (χ1v) is 7.94. The highest BCUT2D eigenvalue weighted by molar-refractivity contribution is 6.07. The van der Waals surface area contributed by atoms with Gasteiger partial charge in [-0.15, -0.1) is 0 Å². The second-order valence-electron chi connectivity index (χ2n) is 5.46. The summed E-state index contributed by atoms with van der Waals surface area (Å²) in [6, 6.07) is 18.2. The van der Waals surface area contributed by atoms with Gasteiger partial charge in [0, 0.05) is 24.2 Å². The van der Waals surface area contributed by atoms with Crippen molar-refractivity contribution in [3.8, 4) is 5.69 Å². The van der Waals surface area contributed by atoms with E-state index in [1.54, 1.807) is 36.4 Å². The number of benzene rings is 2. The van der Waals surface area contributed by atoms with E-state index in [2.05, 4.69) is 5.32 Å². The average Bonchev–Trinajstić information content (AvgIpc) is 3.21. The molecule has 3 N–H and O–H groups in total. The van der Waals surface area contributed by atoms with Crippen LogP contribution in [0, 0.1) is 0 Å². The van der Waals surface area contributed by atoms with Gasteiger partial charge in [-0.3, -0.25) is 14.8 Å². The minimum atomic E-state index is -0.649. The summed E-state index contributed by atoms with van der Waals surface area (Å²) < 4.78 is 1.87. The Kier molecular flexibility index (Phi) is 5.26. The number of rotatable bonds is 5. The van der Waals surface area contributed by atoms with Crippen LogP contribution >= 0.6 is 0 Å². The molecule has 0 spiro atoms. The highest BCUT2D eigenvalue weighted by atomic mass is 16.5. The van der Waals surface area contributed by atoms with Crippen LogP contribution in [0.15, 0.2) is 79.1 Å². The second kappa shape index (κ2) is 7.96. The minimum Gasteiger partial charge on any atom is -0.323 e. The monoisotopic (exact) mass is 347 g/mol. The lowest BCUT2D eigenvalue weighted by Crippen LogP contribution is -2.16.